The molecule has 1 aliphatic carbocycles. The summed E-state index contributed by atoms with van der Waals surface area (Å²) < 4.78 is 0. The van der Waals surface area contributed by atoms with Gasteiger partial charge in [-0.1, -0.05) is 53.9 Å². The Morgan fingerprint density at radius 2 is 1.41 bits per heavy atom. The molecule has 0 aromatic heterocycles. The van der Waals surface area contributed by atoms with E-state index in [0.29, 0.717) is 0 Å². The predicted molar refractivity (Wildman–Crippen MR) is 77.5 cm³/mol. The third-order valence-corrected chi connectivity index (χ3v) is 7.83. The summed E-state index contributed by atoms with van der Waals surface area (Å²) in [6.45, 7) is 4.65. The summed E-state index contributed by atoms with van der Waals surface area (Å²) in [5.74, 6) is 1.60. The second-order valence-electron chi connectivity index (χ2n) is 5.64. The molecule has 1 heterocycles. The lowest BCUT2D eigenvalue weighted by molar-refractivity contribution is 0.500. The van der Waals surface area contributed by atoms with E-state index >= 15 is 0 Å². The van der Waals surface area contributed by atoms with Crippen molar-refractivity contribution >= 4 is 7.92 Å². The molecule has 2 atom stereocenters. The Morgan fingerprint density at radius 3 is 1.88 bits per heavy atom. The van der Waals surface area contributed by atoms with Crippen LogP contribution >= 0.6 is 7.92 Å². The average molecular weight is 256 g/mol. The molecule has 0 bridgehead atoms. The lowest BCUT2D eigenvalue weighted by Crippen LogP contribution is -2.33. The molecular weight excluding hydrogens is 227 g/mol. The standard InChI is InChI=1S/C14H29N2P/c1-3-8-13-15-16-14(9-4-2)17(13)12-10-6-5-7-11-12/h12-16H,3-11H2,1-2H3/t13-,14-/m0/s1. The molecule has 2 N–H and O–H groups in total. The van der Waals surface area contributed by atoms with Gasteiger partial charge in [0.1, 0.15) is 0 Å². The fourth-order valence-corrected chi connectivity index (χ4v) is 7.41. The first-order chi connectivity index (χ1) is 8.36. The Labute approximate surface area is 108 Å². The van der Waals surface area contributed by atoms with Crippen molar-refractivity contribution in [3.8, 4) is 0 Å². The molecule has 0 amide bonds. The van der Waals surface area contributed by atoms with Gasteiger partial charge in [-0.2, -0.15) is 0 Å². The van der Waals surface area contributed by atoms with Gasteiger partial charge in [0.05, 0.1) is 0 Å². The Balaban J connectivity index is 1.99. The van der Waals surface area contributed by atoms with Crippen LogP contribution in [0.15, 0.2) is 0 Å². The van der Waals surface area contributed by atoms with Crippen LogP contribution in [0.3, 0.4) is 0 Å². The van der Waals surface area contributed by atoms with Crippen LogP contribution in [-0.4, -0.2) is 17.2 Å². The maximum atomic E-state index is 3.62. The highest BCUT2D eigenvalue weighted by molar-refractivity contribution is 7.60. The van der Waals surface area contributed by atoms with Crippen molar-refractivity contribution in [2.75, 3.05) is 0 Å². The molecule has 17 heavy (non-hydrogen) atoms. The first kappa shape index (κ1) is 13.8. The Hall–Kier alpha value is 0.350. The molecule has 2 rings (SSSR count). The van der Waals surface area contributed by atoms with E-state index < -0.39 is 0 Å². The normalized spacial score (nSPS) is 32.1. The summed E-state index contributed by atoms with van der Waals surface area (Å²) >= 11 is 0. The van der Waals surface area contributed by atoms with Crippen LogP contribution in [0.1, 0.15) is 71.6 Å². The molecule has 1 saturated carbocycles. The van der Waals surface area contributed by atoms with E-state index in [1.165, 1.54) is 57.8 Å². The molecule has 0 aromatic rings. The van der Waals surface area contributed by atoms with Crippen molar-refractivity contribution in [2.45, 2.75) is 88.9 Å². The molecule has 2 nitrogen and oxygen atoms in total. The van der Waals surface area contributed by atoms with E-state index in [1.807, 2.05) is 0 Å². The van der Waals surface area contributed by atoms with Gasteiger partial charge in [-0.25, -0.2) is 10.9 Å². The predicted octanol–water partition coefficient (Wildman–Crippen LogP) is 4.16. The average Bonchev–Trinajstić information content (AvgIpc) is 2.74. The molecule has 3 heteroatoms. The third-order valence-electron chi connectivity index (χ3n) is 4.26. The zero-order valence-corrected chi connectivity index (χ0v) is 12.4. The van der Waals surface area contributed by atoms with E-state index in [1.54, 1.807) is 0 Å². The quantitative estimate of drug-likeness (QED) is 0.722. The van der Waals surface area contributed by atoms with E-state index in [-0.39, 0.29) is 7.92 Å². The van der Waals surface area contributed by atoms with Gasteiger partial charge in [0, 0.05) is 11.6 Å². The molecule has 0 radical (unpaired) electrons. The molecule has 1 saturated heterocycles. The summed E-state index contributed by atoms with van der Waals surface area (Å²) in [5.41, 5.74) is 8.29. The topological polar surface area (TPSA) is 24.1 Å². The first-order valence-electron chi connectivity index (χ1n) is 7.65. The summed E-state index contributed by atoms with van der Waals surface area (Å²) in [7, 11) is 0.176. The Bertz CT molecular complexity index is 202. The molecule has 2 aliphatic rings. The van der Waals surface area contributed by atoms with Gasteiger partial charge in [-0.05, 0) is 31.3 Å². The fourth-order valence-electron chi connectivity index (χ4n) is 3.44. The zero-order valence-electron chi connectivity index (χ0n) is 11.5. The van der Waals surface area contributed by atoms with E-state index in [4.69, 9.17) is 0 Å². The largest absolute Gasteiger partial charge is 0.250 e. The lowest BCUT2D eigenvalue weighted by atomic mass is 10.0. The molecule has 0 aromatic carbocycles. The Kier molecular flexibility index (Phi) is 5.72. The number of rotatable bonds is 5. The van der Waals surface area contributed by atoms with Gasteiger partial charge in [-0.15, -0.1) is 0 Å². The van der Waals surface area contributed by atoms with Crippen LogP contribution in [0.25, 0.3) is 0 Å². The zero-order chi connectivity index (χ0) is 12.1. The monoisotopic (exact) mass is 256 g/mol. The highest BCUT2D eigenvalue weighted by atomic mass is 31.1. The van der Waals surface area contributed by atoms with E-state index in [9.17, 15) is 0 Å². The van der Waals surface area contributed by atoms with Gasteiger partial charge < -0.3 is 0 Å². The summed E-state index contributed by atoms with van der Waals surface area (Å²) in [6, 6.07) is 0. The van der Waals surface area contributed by atoms with Crippen LogP contribution in [0.5, 0.6) is 0 Å². The molecule has 0 unspecified atom stereocenters. The van der Waals surface area contributed by atoms with Crippen molar-refractivity contribution in [1.29, 1.82) is 0 Å². The van der Waals surface area contributed by atoms with Gasteiger partial charge in [0.2, 0.25) is 0 Å². The SMILES string of the molecule is CCC[C@H]1NN[C@H](CCC)P1C1CCCCC1. The molecule has 100 valence electrons. The van der Waals surface area contributed by atoms with Crippen molar-refractivity contribution in [1.82, 2.24) is 10.9 Å². The number of hydrazine groups is 1. The number of hydrogen-bond acceptors (Lipinski definition) is 2. The number of hydrogen-bond donors (Lipinski definition) is 2. The second kappa shape index (κ2) is 7.07. The third kappa shape index (κ3) is 3.43. The van der Waals surface area contributed by atoms with Gasteiger partial charge in [-0.3, -0.25) is 0 Å². The minimum atomic E-state index is 0.176. The second-order valence-corrected chi connectivity index (χ2v) is 8.51. The fraction of sp³-hybridized carbons (Fsp3) is 1.00. The summed E-state index contributed by atoms with van der Waals surface area (Å²) in [6.07, 6.45) is 12.9. The van der Waals surface area contributed by atoms with Gasteiger partial charge in [0.15, 0.2) is 0 Å². The van der Waals surface area contributed by atoms with E-state index in [2.05, 4.69) is 24.7 Å². The number of nitrogens with one attached hydrogen (secondary N) is 2. The van der Waals surface area contributed by atoms with Crippen molar-refractivity contribution in [3.63, 3.8) is 0 Å². The molecule has 2 fully saturated rings. The lowest BCUT2D eigenvalue weighted by Gasteiger charge is -2.34. The maximum Gasteiger partial charge on any atom is 0.0428 e. The van der Waals surface area contributed by atoms with Crippen molar-refractivity contribution in [2.24, 2.45) is 0 Å². The highest BCUT2D eigenvalue weighted by Crippen LogP contribution is 2.57. The van der Waals surface area contributed by atoms with Gasteiger partial charge >= 0.3 is 0 Å². The minimum absolute atomic E-state index is 0.176. The first-order valence-corrected chi connectivity index (χ1v) is 9.20. The van der Waals surface area contributed by atoms with Crippen LogP contribution in [0.4, 0.5) is 0 Å². The molecule has 0 spiro atoms. The highest BCUT2D eigenvalue weighted by Gasteiger charge is 2.39. The van der Waals surface area contributed by atoms with Crippen molar-refractivity contribution in [3.05, 3.63) is 0 Å². The maximum absolute atomic E-state index is 3.62. The van der Waals surface area contributed by atoms with E-state index in [0.717, 1.165) is 17.2 Å². The minimum Gasteiger partial charge on any atom is -0.250 e. The Morgan fingerprint density at radius 1 is 0.882 bits per heavy atom. The van der Waals surface area contributed by atoms with Crippen molar-refractivity contribution < 1.29 is 0 Å². The van der Waals surface area contributed by atoms with Crippen LogP contribution in [-0.2, 0) is 0 Å². The summed E-state index contributed by atoms with van der Waals surface area (Å²) in [5, 5.41) is 0. The molecular formula is C14H29N2P. The van der Waals surface area contributed by atoms with Crippen LogP contribution in [0, 0.1) is 0 Å². The van der Waals surface area contributed by atoms with Gasteiger partial charge in [0.25, 0.3) is 0 Å². The van der Waals surface area contributed by atoms with Crippen LogP contribution < -0.4 is 10.9 Å². The van der Waals surface area contributed by atoms with Crippen LogP contribution in [0.2, 0.25) is 0 Å². The summed E-state index contributed by atoms with van der Waals surface area (Å²) in [4.78, 5) is 0. The smallest absolute Gasteiger partial charge is 0.0428 e. The molecule has 1 aliphatic heterocycles.